The zero-order valence-electron chi connectivity index (χ0n) is 14.7. The Hall–Kier alpha value is -3.41. The van der Waals surface area contributed by atoms with Gasteiger partial charge in [-0.2, -0.15) is 0 Å². The van der Waals surface area contributed by atoms with Gasteiger partial charge in [0.05, 0.1) is 0 Å². The molecule has 0 fully saturated rings. The lowest BCUT2D eigenvalue weighted by Crippen LogP contribution is -2.12. The third kappa shape index (κ3) is 2.65. The maximum atomic E-state index is 12.8. The molecule has 6 nitrogen and oxygen atoms in total. The molecule has 4 rings (SSSR count). The number of carbonyl (C=O) groups excluding carboxylic acids is 1. The molecule has 4 aromatic rings. The Bertz CT molecular complexity index is 1110. The van der Waals surface area contributed by atoms with Crippen LogP contribution in [0.4, 0.5) is 5.69 Å². The van der Waals surface area contributed by atoms with Gasteiger partial charge in [0.15, 0.2) is 5.76 Å². The Morgan fingerprint density at radius 1 is 1.08 bits per heavy atom. The van der Waals surface area contributed by atoms with E-state index in [9.17, 15) is 4.79 Å². The van der Waals surface area contributed by atoms with Crippen LogP contribution in [-0.2, 0) is 0 Å². The topological polar surface area (TPSA) is 81.2 Å². The number of aryl methyl sites for hydroxylation is 3. The number of hydrogen-bond donors (Lipinski definition) is 1. The summed E-state index contributed by atoms with van der Waals surface area (Å²) in [5, 5.41) is 11.4. The van der Waals surface area contributed by atoms with E-state index in [0.29, 0.717) is 17.3 Å². The number of amides is 1. The maximum absolute atomic E-state index is 12.8. The first-order valence-corrected chi connectivity index (χ1v) is 8.22. The molecule has 0 saturated carbocycles. The number of benzene rings is 2. The molecule has 0 bridgehead atoms. The fourth-order valence-corrected chi connectivity index (χ4v) is 3.11. The normalized spacial score (nSPS) is 11.0. The zero-order chi connectivity index (χ0) is 18.3. The molecular formula is C20H17N3O3. The second kappa shape index (κ2) is 6.15. The minimum atomic E-state index is -0.292. The Balaban J connectivity index is 1.68. The summed E-state index contributed by atoms with van der Waals surface area (Å²) in [5.41, 5.74) is 5.04. The van der Waals surface area contributed by atoms with Crippen LogP contribution < -0.4 is 5.32 Å². The molecule has 0 saturated heterocycles. The van der Waals surface area contributed by atoms with Crippen LogP contribution in [-0.4, -0.2) is 16.1 Å². The Morgan fingerprint density at radius 3 is 2.62 bits per heavy atom. The first-order chi connectivity index (χ1) is 12.5. The Kier molecular flexibility index (Phi) is 3.80. The average molecular weight is 347 g/mol. The quantitative estimate of drug-likeness (QED) is 0.583. The van der Waals surface area contributed by atoms with E-state index >= 15 is 0 Å². The molecule has 2 heterocycles. The van der Waals surface area contributed by atoms with Gasteiger partial charge in [-0.05, 0) is 50.1 Å². The van der Waals surface area contributed by atoms with Gasteiger partial charge in [-0.15, -0.1) is 10.2 Å². The molecule has 0 aliphatic heterocycles. The van der Waals surface area contributed by atoms with Crippen molar-refractivity contribution in [2.24, 2.45) is 0 Å². The number of nitrogens with zero attached hydrogens (tertiary/aromatic N) is 2. The summed E-state index contributed by atoms with van der Waals surface area (Å²) in [6, 6.07) is 11.3. The third-order valence-corrected chi connectivity index (χ3v) is 4.42. The van der Waals surface area contributed by atoms with E-state index in [4.69, 9.17) is 8.83 Å². The molecule has 26 heavy (non-hydrogen) atoms. The summed E-state index contributed by atoms with van der Waals surface area (Å²) in [4.78, 5) is 12.8. The standard InChI is InChI=1S/C20H17N3O3/c1-11-7-8-12(2)17-16(11)13(3)18(26-17)19(24)22-15-6-4-5-14(9-15)20-23-21-10-25-20/h4-10H,1-3H3,(H,22,24). The van der Waals surface area contributed by atoms with E-state index in [1.807, 2.05) is 45.0 Å². The van der Waals surface area contributed by atoms with Gasteiger partial charge in [0, 0.05) is 22.2 Å². The lowest BCUT2D eigenvalue weighted by Gasteiger charge is -2.05. The zero-order valence-corrected chi connectivity index (χ0v) is 14.7. The Labute approximate surface area is 149 Å². The average Bonchev–Trinajstić information content (AvgIpc) is 3.27. The highest BCUT2D eigenvalue weighted by molar-refractivity contribution is 6.07. The van der Waals surface area contributed by atoms with Crippen LogP contribution in [0, 0.1) is 20.8 Å². The molecule has 0 aliphatic rings. The van der Waals surface area contributed by atoms with Crippen molar-refractivity contribution in [3.63, 3.8) is 0 Å². The smallest absolute Gasteiger partial charge is 0.291 e. The van der Waals surface area contributed by atoms with Crippen molar-refractivity contribution in [3.8, 4) is 11.5 Å². The van der Waals surface area contributed by atoms with Crippen LogP contribution in [0.3, 0.4) is 0 Å². The third-order valence-electron chi connectivity index (χ3n) is 4.42. The molecule has 1 N–H and O–H groups in total. The highest BCUT2D eigenvalue weighted by Crippen LogP contribution is 2.31. The molecule has 130 valence electrons. The number of carbonyl (C=O) groups is 1. The van der Waals surface area contributed by atoms with Gasteiger partial charge in [0.25, 0.3) is 5.91 Å². The van der Waals surface area contributed by atoms with Crippen molar-refractivity contribution in [1.29, 1.82) is 0 Å². The van der Waals surface area contributed by atoms with Crippen LogP contribution in [0.2, 0.25) is 0 Å². The molecule has 6 heteroatoms. The van der Waals surface area contributed by atoms with E-state index in [1.54, 1.807) is 12.1 Å². The summed E-state index contributed by atoms with van der Waals surface area (Å²) in [6.45, 7) is 5.89. The highest BCUT2D eigenvalue weighted by atomic mass is 16.4. The van der Waals surface area contributed by atoms with Gasteiger partial charge in [0.1, 0.15) is 5.58 Å². The predicted octanol–water partition coefficient (Wildman–Crippen LogP) is 4.66. The summed E-state index contributed by atoms with van der Waals surface area (Å²) in [7, 11) is 0. The number of nitrogens with one attached hydrogen (secondary N) is 1. The van der Waals surface area contributed by atoms with E-state index in [-0.39, 0.29) is 5.91 Å². The summed E-state index contributed by atoms with van der Waals surface area (Å²) in [6.07, 6.45) is 1.27. The van der Waals surface area contributed by atoms with Crippen LogP contribution in [0.1, 0.15) is 27.2 Å². The van der Waals surface area contributed by atoms with Crippen LogP contribution in [0.5, 0.6) is 0 Å². The van der Waals surface area contributed by atoms with Gasteiger partial charge in [-0.25, -0.2) is 0 Å². The first kappa shape index (κ1) is 16.1. The number of anilines is 1. The fourth-order valence-electron chi connectivity index (χ4n) is 3.11. The monoisotopic (exact) mass is 347 g/mol. The number of hydrogen-bond acceptors (Lipinski definition) is 5. The fraction of sp³-hybridized carbons (Fsp3) is 0.150. The van der Waals surface area contributed by atoms with Crippen molar-refractivity contribution in [2.75, 3.05) is 5.32 Å². The number of fused-ring (bicyclic) bond motifs is 1. The molecule has 0 aliphatic carbocycles. The minimum absolute atomic E-state index is 0.292. The van der Waals surface area contributed by atoms with Crippen molar-refractivity contribution in [3.05, 3.63) is 65.2 Å². The first-order valence-electron chi connectivity index (χ1n) is 8.22. The van der Waals surface area contributed by atoms with Gasteiger partial charge in [-0.1, -0.05) is 18.2 Å². The molecule has 1 amide bonds. The maximum Gasteiger partial charge on any atom is 0.291 e. The van der Waals surface area contributed by atoms with E-state index < -0.39 is 0 Å². The molecule has 0 spiro atoms. The van der Waals surface area contributed by atoms with E-state index in [0.717, 1.165) is 33.2 Å². The van der Waals surface area contributed by atoms with Crippen molar-refractivity contribution in [2.45, 2.75) is 20.8 Å². The molecule has 2 aromatic carbocycles. The van der Waals surface area contributed by atoms with Gasteiger partial charge < -0.3 is 14.2 Å². The number of aromatic nitrogens is 2. The summed E-state index contributed by atoms with van der Waals surface area (Å²) >= 11 is 0. The van der Waals surface area contributed by atoms with Crippen LogP contribution >= 0.6 is 0 Å². The number of rotatable bonds is 3. The van der Waals surface area contributed by atoms with Crippen molar-refractivity contribution in [1.82, 2.24) is 10.2 Å². The second-order valence-electron chi connectivity index (χ2n) is 6.24. The van der Waals surface area contributed by atoms with Gasteiger partial charge in [0.2, 0.25) is 12.3 Å². The molecule has 0 atom stereocenters. The lowest BCUT2D eigenvalue weighted by molar-refractivity contribution is 0.0998. The van der Waals surface area contributed by atoms with Crippen LogP contribution in [0.25, 0.3) is 22.4 Å². The van der Waals surface area contributed by atoms with Crippen LogP contribution in [0.15, 0.2) is 51.6 Å². The van der Waals surface area contributed by atoms with Crippen molar-refractivity contribution < 1.29 is 13.6 Å². The number of furan rings is 1. The molecule has 2 aromatic heterocycles. The summed E-state index contributed by atoms with van der Waals surface area (Å²) in [5.74, 6) is 0.424. The minimum Gasteiger partial charge on any atom is -0.450 e. The van der Waals surface area contributed by atoms with Crippen molar-refractivity contribution >= 4 is 22.6 Å². The molecular weight excluding hydrogens is 330 g/mol. The molecule has 0 radical (unpaired) electrons. The highest BCUT2D eigenvalue weighted by Gasteiger charge is 2.20. The predicted molar refractivity (Wildman–Crippen MR) is 98.1 cm³/mol. The van der Waals surface area contributed by atoms with E-state index in [2.05, 4.69) is 15.5 Å². The second-order valence-corrected chi connectivity index (χ2v) is 6.24. The van der Waals surface area contributed by atoms with Gasteiger partial charge >= 0.3 is 0 Å². The molecule has 0 unspecified atom stereocenters. The summed E-state index contributed by atoms with van der Waals surface area (Å²) < 4.78 is 11.1. The lowest BCUT2D eigenvalue weighted by atomic mass is 10.0. The van der Waals surface area contributed by atoms with E-state index in [1.165, 1.54) is 6.39 Å². The largest absolute Gasteiger partial charge is 0.450 e. The van der Waals surface area contributed by atoms with Gasteiger partial charge in [-0.3, -0.25) is 4.79 Å². The SMILES string of the molecule is Cc1ccc(C)c2c(C)c(C(=O)Nc3cccc(-c4nnco4)c3)oc12. The Morgan fingerprint density at radius 2 is 1.88 bits per heavy atom.